The molecule has 5 N–H and O–H groups in total. The van der Waals surface area contributed by atoms with E-state index < -0.39 is 47.1 Å². The zero-order chi connectivity index (χ0) is 23.9. The Morgan fingerprint density at radius 3 is 1.79 bits per heavy atom. The summed E-state index contributed by atoms with van der Waals surface area (Å²) in [5, 5.41) is 52.7. The minimum absolute atomic E-state index is 0.252. The van der Waals surface area contributed by atoms with Gasteiger partial charge in [-0.3, -0.25) is 0 Å². The van der Waals surface area contributed by atoms with Crippen LogP contribution in [0.4, 0.5) is 0 Å². The molecule has 9 heteroatoms. The maximum atomic E-state index is 10.6. The number of phenolic OH excluding ortho intramolecular Hbond substituents is 5. The molecule has 4 aromatic rings. The highest BCUT2D eigenvalue weighted by Crippen LogP contribution is 2.53. The SMILES string of the molecule is CC1(C)OB(c2ccc3c(c2)c2ccccc2n3-c2c(O)c(O)c(O)c(O)c2O)OC1(C)C. The van der Waals surface area contributed by atoms with Gasteiger partial charge in [0.2, 0.25) is 17.2 Å². The van der Waals surface area contributed by atoms with Crippen LogP contribution in [-0.2, 0) is 9.31 Å². The van der Waals surface area contributed by atoms with Crippen molar-refractivity contribution in [1.82, 2.24) is 4.57 Å². The van der Waals surface area contributed by atoms with Crippen molar-refractivity contribution in [2.24, 2.45) is 0 Å². The average Bonchev–Trinajstić information content (AvgIpc) is 3.21. The third-order valence-electron chi connectivity index (χ3n) is 6.79. The molecule has 0 radical (unpaired) electrons. The van der Waals surface area contributed by atoms with Gasteiger partial charge in [-0.05, 0) is 45.3 Å². The van der Waals surface area contributed by atoms with Crippen LogP contribution in [0.3, 0.4) is 0 Å². The molecular formula is C24H24BNO7. The molecule has 1 aromatic heterocycles. The molecule has 8 nitrogen and oxygen atoms in total. The molecule has 1 fully saturated rings. The fraction of sp³-hybridized carbons (Fsp3) is 0.250. The summed E-state index contributed by atoms with van der Waals surface area (Å²) in [6.45, 7) is 7.92. The van der Waals surface area contributed by atoms with Crippen LogP contribution in [0.1, 0.15) is 27.7 Å². The van der Waals surface area contributed by atoms with Gasteiger partial charge in [0.15, 0.2) is 11.5 Å². The highest BCUT2D eigenvalue weighted by atomic mass is 16.7. The summed E-state index contributed by atoms with van der Waals surface area (Å²) in [5.74, 6) is -4.39. The second-order valence-electron chi connectivity index (χ2n) is 9.31. The van der Waals surface area contributed by atoms with Gasteiger partial charge in [-0.15, -0.1) is 0 Å². The summed E-state index contributed by atoms with van der Waals surface area (Å²) in [4.78, 5) is 0. The van der Waals surface area contributed by atoms with Gasteiger partial charge in [0.25, 0.3) is 0 Å². The molecule has 33 heavy (non-hydrogen) atoms. The van der Waals surface area contributed by atoms with Crippen LogP contribution in [-0.4, -0.2) is 48.4 Å². The normalized spacial score (nSPS) is 17.3. The second-order valence-corrected chi connectivity index (χ2v) is 9.31. The lowest BCUT2D eigenvalue weighted by molar-refractivity contribution is 0.00578. The number of phenols is 5. The van der Waals surface area contributed by atoms with Gasteiger partial charge >= 0.3 is 7.12 Å². The van der Waals surface area contributed by atoms with Crippen LogP contribution < -0.4 is 5.46 Å². The molecule has 3 aromatic carbocycles. The number of benzene rings is 3. The summed E-state index contributed by atoms with van der Waals surface area (Å²) in [6, 6.07) is 12.9. The van der Waals surface area contributed by atoms with E-state index in [0.717, 1.165) is 16.2 Å². The Morgan fingerprint density at radius 2 is 1.18 bits per heavy atom. The fourth-order valence-corrected chi connectivity index (χ4v) is 4.24. The Hall–Kier alpha value is -3.56. The van der Waals surface area contributed by atoms with Crippen molar-refractivity contribution in [1.29, 1.82) is 0 Å². The predicted molar refractivity (Wildman–Crippen MR) is 125 cm³/mol. The first-order valence-electron chi connectivity index (χ1n) is 10.5. The van der Waals surface area contributed by atoms with Gasteiger partial charge in [-0.2, -0.15) is 0 Å². The highest BCUT2D eigenvalue weighted by Gasteiger charge is 2.51. The number of rotatable bonds is 2. The Kier molecular flexibility index (Phi) is 4.34. The second kappa shape index (κ2) is 6.72. The third-order valence-corrected chi connectivity index (χ3v) is 6.79. The van der Waals surface area contributed by atoms with Crippen molar-refractivity contribution in [2.75, 3.05) is 0 Å². The number of hydrogen-bond donors (Lipinski definition) is 5. The van der Waals surface area contributed by atoms with E-state index >= 15 is 0 Å². The molecule has 2 heterocycles. The zero-order valence-electron chi connectivity index (χ0n) is 18.6. The molecular weight excluding hydrogens is 425 g/mol. The fourth-order valence-electron chi connectivity index (χ4n) is 4.24. The number of aromatic hydroxyl groups is 5. The van der Waals surface area contributed by atoms with E-state index in [-0.39, 0.29) is 5.69 Å². The molecule has 0 spiro atoms. The summed E-state index contributed by atoms with van der Waals surface area (Å²) in [5.41, 5.74) is 0.741. The van der Waals surface area contributed by atoms with Gasteiger partial charge in [-0.1, -0.05) is 30.3 Å². The van der Waals surface area contributed by atoms with Crippen molar-refractivity contribution < 1.29 is 34.8 Å². The summed E-state index contributed by atoms with van der Waals surface area (Å²) < 4.78 is 13.9. The first-order valence-corrected chi connectivity index (χ1v) is 10.5. The smallest absolute Gasteiger partial charge is 0.494 e. The molecule has 0 aliphatic carbocycles. The highest BCUT2D eigenvalue weighted by molar-refractivity contribution is 6.62. The maximum Gasteiger partial charge on any atom is 0.494 e. The molecule has 1 aliphatic rings. The van der Waals surface area contributed by atoms with Crippen LogP contribution in [0.15, 0.2) is 42.5 Å². The zero-order valence-corrected chi connectivity index (χ0v) is 18.6. The first-order chi connectivity index (χ1) is 15.4. The van der Waals surface area contributed by atoms with E-state index in [0.29, 0.717) is 11.0 Å². The van der Waals surface area contributed by atoms with E-state index in [1.807, 2.05) is 52.0 Å². The summed E-state index contributed by atoms with van der Waals surface area (Å²) in [6.07, 6.45) is 0. The maximum absolute atomic E-state index is 10.6. The van der Waals surface area contributed by atoms with Crippen LogP contribution >= 0.6 is 0 Å². The minimum atomic E-state index is -1.00. The number of hydrogen-bond acceptors (Lipinski definition) is 7. The first kappa shape index (κ1) is 21.3. The molecule has 1 aliphatic heterocycles. The standard InChI is InChI=1S/C24H24BNO7/c1-23(2)24(3,4)33-25(32-23)12-9-10-16-14(11-12)13-7-5-6-8-15(13)26(16)17-18(27)20(29)22(31)21(30)19(17)28/h5-11,27-31H,1-4H3. The van der Waals surface area contributed by atoms with Crippen molar-refractivity contribution in [2.45, 2.75) is 38.9 Å². The van der Waals surface area contributed by atoms with Gasteiger partial charge in [0.1, 0.15) is 5.69 Å². The van der Waals surface area contributed by atoms with Crippen molar-refractivity contribution in [3.8, 4) is 34.4 Å². The van der Waals surface area contributed by atoms with Gasteiger partial charge in [0, 0.05) is 10.8 Å². The van der Waals surface area contributed by atoms with Gasteiger partial charge < -0.3 is 39.4 Å². The monoisotopic (exact) mass is 449 g/mol. The molecule has 0 saturated carbocycles. The van der Waals surface area contributed by atoms with Crippen LogP contribution in [0.2, 0.25) is 0 Å². The Balaban J connectivity index is 1.78. The van der Waals surface area contributed by atoms with Crippen LogP contribution in [0.25, 0.3) is 27.5 Å². The van der Waals surface area contributed by atoms with Crippen LogP contribution in [0, 0.1) is 0 Å². The number of para-hydroxylation sites is 1. The lowest BCUT2D eigenvalue weighted by Gasteiger charge is -2.32. The number of nitrogens with zero attached hydrogens (tertiary/aromatic N) is 1. The Morgan fingerprint density at radius 1 is 0.667 bits per heavy atom. The quantitative estimate of drug-likeness (QED) is 0.180. The van der Waals surface area contributed by atoms with Crippen molar-refractivity contribution in [3.63, 3.8) is 0 Å². The third kappa shape index (κ3) is 2.86. The average molecular weight is 449 g/mol. The van der Waals surface area contributed by atoms with E-state index in [4.69, 9.17) is 9.31 Å². The molecule has 1 saturated heterocycles. The molecule has 5 rings (SSSR count). The van der Waals surface area contributed by atoms with Crippen molar-refractivity contribution >= 4 is 34.4 Å². The van der Waals surface area contributed by atoms with E-state index in [9.17, 15) is 25.5 Å². The number of fused-ring (bicyclic) bond motifs is 3. The van der Waals surface area contributed by atoms with Crippen LogP contribution in [0.5, 0.6) is 28.7 Å². The summed E-state index contributed by atoms with van der Waals surface area (Å²) >= 11 is 0. The van der Waals surface area contributed by atoms with Crippen molar-refractivity contribution in [3.05, 3.63) is 42.5 Å². The lowest BCUT2D eigenvalue weighted by atomic mass is 9.78. The summed E-state index contributed by atoms with van der Waals surface area (Å²) in [7, 11) is -0.579. The molecule has 0 bridgehead atoms. The largest absolute Gasteiger partial charge is 0.503 e. The Labute approximate surface area is 190 Å². The number of aromatic nitrogens is 1. The topological polar surface area (TPSA) is 125 Å². The van der Waals surface area contributed by atoms with E-state index in [1.54, 1.807) is 18.2 Å². The lowest BCUT2D eigenvalue weighted by Crippen LogP contribution is -2.41. The predicted octanol–water partition coefficient (Wildman–Crippen LogP) is 3.61. The van der Waals surface area contributed by atoms with Gasteiger partial charge in [-0.25, -0.2) is 0 Å². The van der Waals surface area contributed by atoms with E-state index in [2.05, 4.69) is 0 Å². The van der Waals surface area contributed by atoms with Gasteiger partial charge in [0.05, 0.1) is 22.2 Å². The molecule has 0 unspecified atom stereocenters. The molecule has 0 atom stereocenters. The van der Waals surface area contributed by atoms with E-state index in [1.165, 1.54) is 4.57 Å². The Bertz CT molecular complexity index is 1400. The minimum Gasteiger partial charge on any atom is -0.503 e. The molecule has 170 valence electrons. The molecule has 0 amide bonds.